The van der Waals surface area contributed by atoms with Crippen molar-refractivity contribution in [2.45, 2.75) is 65.2 Å². The summed E-state index contributed by atoms with van der Waals surface area (Å²) in [7, 11) is 0. The molecular formula is C27H34ClN3O3. The highest BCUT2D eigenvalue weighted by molar-refractivity contribution is 6.30. The zero-order valence-electron chi connectivity index (χ0n) is 20.3. The summed E-state index contributed by atoms with van der Waals surface area (Å²) in [6, 6.07) is 15.6. The van der Waals surface area contributed by atoms with Gasteiger partial charge in [-0.15, -0.1) is 0 Å². The number of likely N-dealkylation sites (tertiary alicyclic amines) is 1. The summed E-state index contributed by atoms with van der Waals surface area (Å²) < 4.78 is 13.8. The second kappa shape index (κ2) is 10.7. The molecule has 1 aliphatic heterocycles. The SMILES string of the molecule is CC(C)(C)OC(=O)N1CCCC(CCCn2c(COc3ccc(Cl)cc3)nc3ccccc32)C1. The van der Waals surface area contributed by atoms with Crippen molar-refractivity contribution in [2.75, 3.05) is 13.1 Å². The average Bonchev–Trinajstić information content (AvgIpc) is 3.15. The number of carbonyl (C=O) groups excluding carboxylic acids is 1. The number of fused-ring (bicyclic) bond motifs is 1. The number of imidazole rings is 1. The van der Waals surface area contributed by atoms with E-state index in [9.17, 15) is 4.79 Å². The molecule has 1 aliphatic rings. The normalized spacial score (nSPS) is 16.6. The summed E-state index contributed by atoms with van der Waals surface area (Å²) >= 11 is 5.98. The summed E-state index contributed by atoms with van der Waals surface area (Å²) in [6.45, 7) is 8.55. The molecule has 1 amide bonds. The van der Waals surface area contributed by atoms with E-state index in [2.05, 4.69) is 10.6 Å². The van der Waals surface area contributed by atoms with E-state index in [-0.39, 0.29) is 6.09 Å². The predicted molar refractivity (Wildman–Crippen MR) is 135 cm³/mol. The van der Waals surface area contributed by atoms with Crippen molar-refractivity contribution in [3.8, 4) is 5.75 Å². The van der Waals surface area contributed by atoms with Crippen LogP contribution in [0, 0.1) is 5.92 Å². The highest BCUT2D eigenvalue weighted by Crippen LogP contribution is 2.25. The first-order valence-corrected chi connectivity index (χ1v) is 12.5. The van der Waals surface area contributed by atoms with Gasteiger partial charge in [0.2, 0.25) is 0 Å². The molecule has 0 N–H and O–H groups in total. The molecular weight excluding hydrogens is 450 g/mol. The van der Waals surface area contributed by atoms with Gasteiger partial charge in [0, 0.05) is 24.7 Å². The van der Waals surface area contributed by atoms with E-state index < -0.39 is 5.60 Å². The van der Waals surface area contributed by atoms with Gasteiger partial charge in [-0.2, -0.15) is 0 Å². The van der Waals surface area contributed by atoms with Crippen LogP contribution in [0.3, 0.4) is 0 Å². The van der Waals surface area contributed by atoms with Crippen molar-refractivity contribution in [3.05, 3.63) is 59.4 Å². The van der Waals surface area contributed by atoms with Gasteiger partial charge in [-0.25, -0.2) is 9.78 Å². The van der Waals surface area contributed by atoms with E-state index in [1.54, 1.807) is 0 Å². The molecule has 1 atom stereocenters. The lowest BCUT2D eigenvalue weighted by atomic mass is 9.93. The molecule has 0 bridgehead atoms. The third kappa shape index (κ3) is 6.44. The number of rotatable bonds is 7. The monoisotopic (exact) mass is 483 g/mol. The number of para-hydroxylation sites is 2. The third-order valence-corrected chi connectivity index (χ3v) is 6.33. The van der Waals surface area contributed by atoms with Crippen LogP contribution in [-0.4, -0.2) is 39.2 Å². The second-order valence-electron chi connectivity index (χ2n) is 9.99. The fraction of sp³-hybridized carbons (Fsp3) is 0.481. The molecule has 7 heteroatoms. The lowest BCUT2D eigenvalue weighted by Gasteiger charge is -2.34. The van der Waals surface area contributed by atoms with Crippen LogP contribution in [0.2, 0.25) is 5.02 Å². The van der Waals surface area contributed by atoms with Crippen molar-refractivity contribution in [1.29, 1.82) is 0 Å². The Hall–Kier alpha value is -2.73. The third-order valence-electron chi connectivity index (χ3n) is 6.08. The second-order valence-corrected chi connectivity index (χ2v) is 10.4. The van der Waals surface area contributed by atoms with Gasteiger partial charge in [0.25, 0.3) is 0 Å². The first-order chi connectivity index (χ1) is 16.3. The van der Waals surface area contributed by atoms with E-state index in [4.69, 9.17) is 26.1 Å². The number of ether oxygens (including phenoxy) is 2. The number of carbonyl (C=O) groups is 1. The molecule has 2 heterocycles. The molecule has 1 saturated heterocycles. The van der Waals surface area contributed by atoms with Crippen molar-refractivity contribution < 1.29 is 14.3 Å². The summed E-state index contributed by atoms with van der Waals surface area (Å²) in [5.41, 5.74) is 1.64. The Bertz CT molecular complexity index is 1100. The number of benzene rings is 2. The summed E-state index contributed by atoms with van der Waals surface area (Å²) in [5.74, 6) is 2.17. The average molecular weight is 484 g/mol. The molecule has 34 heavy (non-hydrogen) atoms. The topological polar surface area (TPSA) is 56.6 Å². The number of aromatic nitrogens is 2. The van der Waals surface area contributed by atoms with Gasteiger partial charge >= 0.3 is 6.09 Å². The van der Waals surface area contributed by atoms with Crippen LogP contribution in [0.5, 0.6) is 5.75 Å². The fourth-order valence-corrected chi connectivity index (χ4v) is 4.62. The Labute approximate surface area is 206 Å². The maximum absolute atomic E-state index is 12.5. The van der Waals surface area contributed by atoms with Crippen LogP contribution in [0.25, 0.3) is 11.0 Å². The predicted octanol–water partition coefficient (Wildman–Crippen LogP) is 6.70. The molecule has 1 fully saturated rings. The van der Waals surface area contributed by atoms with Crippen LogP contribution in [0.15, 0.2) is 48.5 Å². The molecule has 0 aliphatic carbocycles. The van der Waals surface area contributed by atoms with Crippen molar-refractivity contribution >= 4 is 28.7 Å². The smallest absolute Gasteiger partial charge is 0.410 e. The Balaban J connectivity index is 1.37. The highest BCUT2D eigenvalue weighted by atomic mass is 35.5. The minimum Gasteiger partial charge on any atom is -0.486 e. The van der Waals surface area contributed by atoms with Gasteiger partial charge in [-0.05, 0) is 88.8 Å². The van der Waals surface area contributed by atoms with Crippen LogP contribution in [-0.2, 0) is 17.9 Å². The molecule has 6 nitrogen and oxygen atoms in total. The number of piperidine rings is 1. The van der Waals surface area contributed by atoms with Crippen molar-refractivity contribution in [2.24, 2.45) is 5.92 Å². The Morgan fingerprint density at radius 3 is 2.68 bits per heavy atom. The Kier molecular flexibility index (Phi) is 7.67. The van der Waals surface area contributed by atoms with Gasteiger partial charge < -0.3 is 18.9 Å². The highest BCUT2D eigenvalue weighted by Gasteiger charge is 2.27. The standard InChI is InChI=1S/C27H34ClN3O3/c1-27(2,3)34-26(32)30-16-6-8-20(18-30)9-7-17-31-24-11-5-4-10-23(24)29-25(31)19-33-22-14-12-21(28)13-15-22/h4-5,10-15,20H,6-9,16-19H2,1-3H3. The Morgan fingerprint density at radius 2 is 1.91 bits per heavy atom. The fourth-order valence-electron chi connectivity index (χ4n) is 4.49. The van der Waals surface area contributed by atoms with Crippen molar-refractivity contribution in [3.63, 3.8) is 0 Å². The first kappa shape index (κ1) is 24.4. The summed E-state index contributed by atoms with van der Waals surface area (Å²) in [4.78, 5) is 19.2. The van der Waals surface area contributed by atoms with Crippen LogP contribution in [0.4, 0.5) is 4.79 Å². The zero-order chi connectivity index (χ0) is 24.1. The minimum atomic E-state index is -0.461. The molecule has 0 radical (unpaired) electrons. The lowest BCUT2D eigenvalue weighted by molar-refractivity contribution is 0.0160. The van der Waals surface area contributed by atoms with E-state index >= 15 is 0 Å². The molecule has 1 aromatic heterocycles. The molecule has 3 aromatic rings. The van der Waals surface area contributed by atoms with Crippen molar-refractivity contribution in [1.82, 2.24) is 14.5 Å². The van der Waals surface area contributed by atoms with E-state index in [1.165, 1.54) is 0 Å². The van der Waals surface area contributed by atoms with E-state index in [1.807, 2.05) is 68.1 Å². The summed E-state index contributed by atoms with van der Waals surface area (Å²) in [6.07, 6.45) is 4.05. The van der Waals surface area contributed by atoms with Gasteiger partial charge in [-0.1, -0.05) is 23.7 Å². The molecule has 0 spiro atoms. The lowest BCUT2D eigenvalue weighted by Crippen LogP contribution is -2.42. The maximum Gasteiger partial charge on any atom is 0.410 e. The van der Waals surface area contributed by atoms with Gasteiger partial charge in [-0.3, -0.25) is 0 Å². The summed E-state index contributed by atoms with van der Waals surface area (Å²) in [5, 5.41) is 0.688. The number of hydrogen-bond donors (Lipinski definition) is 0. The minimum absolute atomic E-state index is 0.195. The largest absolute Gasteiger partial charge is 0.486 e. The van der Waals surface area contributed by atoms with Gasteiger partial charge in [0.1, 0.15) is 23.8 Å². The number of halogens is 1. The molecule has 182 valence electrons. The number of aryl methyl sites for hydroxylation is 1. The molecule has 4 rings (SSSR count). The van der Waals surface area contributed by atoms with E-state index in [0.717, 1.165) is 67.9 Å². The molecule has 2 aromatic carbocycles. The van der Waals surface area contributed by atoms with Crippen LogP contribution in [0.1, 0.15) is 52.3 Å². The maximum atomic E-state index is 12.5. The van der Waals surface area contributed by atoms with Gasteiger partial charge in [0.05, 0.1) is 11.0 Å². The molecule has 0 saturated carbocycles. The number of amides is 1. The molecule has 1 unspecified atom stereocenters. The van der Waals surface area contributed by atoms with E-state index in [0.29, 0.717) is 17.5 Å². The zero-order valence-corrected chi connectivity index (χ0v) is 21.1. The van der Waals surface area contributed by atoms with Crippen LogP contribution >= 0.6 is 11.6 Å². The quantitative estimate of drug-likeness (QED) is 0.375. The number of nitrogens with zero attached hydrogens (tertiary/aromatic N) is 3. The first-order valence-electron chi connectivity index (χ1n) is 12.1. The van der Waals surface area contributed by atoms with Crippen LogP contribution < -0.4 is 4.74 Å². The number of hydrogen-bond acceptors (Lipinski definition) is 4. The van der Waals surface area contributed by atoms with Gasteiger partial charge in [0.15, 0.2) is 0 Å². The Morgan fingerprint density at radius 1 is 1.15 bits per heavy atom.